The molecule has 1 fully saturated rings. The van der Waals surface area contributed by atoms with E-state index in [9.17, 15) is 9.18 Å². The molecule has 1 N–H and O–H groups in total. The van der Waals surface area contributed by atoms with Crippen LogP contribution in [0.1, 0.15) is 23.2 Å². The second kappa shape index (κ2) is 7.08. The first-order chi connectivity index (χ1) is 8.59. The Balaban J connectivity index is 0.00000180. The summed E-state index contributed by atoms with van der Waals surface area (Å²) in [4.78, 5) is 14.0. The number of carbonyl (C=O) groups is 1. The van der Waals surface area contributed by atoms with Crippen LogP contribution in [0.25, 0.3) is 0 Å². The molecule has 1 aliphatic rings. The molecule has 0 saturated carbocycles. The van der Waals surface area contributed by atoms with E-state index in [0.29, 0.717) is 5.56 Å². The molecule has 1 amide bonds. The molecule has 106 valence electrons. The number of hydrogen-bond acceptors (Lipinski definition) is 2. The summed E-state index contributed by atoms with van der Waals surface area (Å²) in [6.07, 6.45) is 1.88. The van der Waals surface area contributed by atoms with Gasteiger partial charge in [-0.3, -0.25) is 4.79 Å². The first kappa shape index (κ1) is 16.2. The lowest BCUT2D eigenvalue weighted by atomic mass is 10.0. The van der Waals surface area contributed by atoms with Crippen LogP contribution in [0.3, 0.4) is 0 Å². The second-order valence-electron chi connectivity index (χ2n) is 4.53. The van der Waals surface area contributed by atoms with Crippen LogP contribution in [0.4, 0.5) is 4.39 Å². The molecular formula is C13H17Cl2FN2O. The van der Waals surface area contributed by atoms with E-state index in [4.69, 9.17) is 11.6 Å². The van der Waals surface area contributed by atoms with Crippen LogP contribution >= 0.6 is 24.0 Å². The maximum absolute atomic E-state index is 13.1. The summed E-state index contributed by atoms with van der Waals surface area (Å²) in [7, 11) is 1.79. The van der Waals surface area contributed by atoms with E-state index in [-0.39, 0.29) is 29.4 Å². The van der Waals surface area contributed by atoms with Crippen molar-refractivity contribution in [3.63, 3.8) is 0 Å². The van der Waals surface area contributed by atoms with Crippen molar-refractivity contribution in [3.8, 4) is 0 Å². The van der Waals surface area contributed by atoms with E-state index in [0.717, 1.165) is 25.9 Å². The van der Waals surface area contributed by atoms with Crippen molar-refractivity contribution < 1.29 is 9.18 Å². The summed E-state index contributed by atoms with van der Waals surface area (Å²) in [6.45, 7) is 1.85. The Morgan fingerprint density at radius 1 is 1.42 bits per heavy atom. The van der Waals surface area contributed by atoms with Crippen LogP contribution in [0.15, 0.2) is 18.2 Å². The van der Waals surface area contributed by atoms with Gasteiger partial charge in [-0.05, 0) is 44.1 Å². The van der Waals surface area contributed by atoms with Crippen molar-refractivity contribution in [2.45, 2.75) is 18.9 Å². The molecular weight excluding hydrogens is 290 g/mol. The zero-order chi connectivity index (χ0) is 13.1. The number of nitrogens with zero attached hydrogens (tertiary/aromatic N) is 1. The largest absolute Gasteiger partial charge is 0.339 e. The Hall–Kier alpha value is -0.840. The van der Waals surface area contributed by atoms with E-state index in [1.807, 2.05) is 0 Å². The van der Waals surface area contributed by atoms with Gasteiger partial charge in [-0.15, -0.1) is 12.4 Å². The monoisotopic (exact) mass is 306 g/mol. The average molecular weight is 307 g/mol. The summed E-state index contributed by atoms with van der Waals surface area (Å²) in [5, 5.41) is 3.24. The van der Waals surface area contributed by atoms with Crippen LogP contribution in [-0.2, 0) is 0 Å². The van der Waals surface area contributed by atoms with Gasteiger partial charge in [0.05, 0.1) is 5.02 Å². The van der Waals surface area contributed by atoms with Crippen molar-refractivity contribution in [1.82, 2.24) is 10.2 Å². The van der Waals surface area contributed by atoms with Crippen LogP contribution in [0, 0.1) is 5.82 Å². The third-order valence-corrected chi connectivity index (χ3v) is 3.63. The number of nitrogens with one attached hydrogen (secondary N) is 1. The lowest BCUT2D eigenvalue weighted by molar-refractivity contribution is 0.0703. The number of piperidine rings is 1. The highest BCUT2D eigenvalue weighted by Gasteiger charge is 2.23. The number of rotatable bonds is 2. The Bertz CT molecular complexity index is 450. The summed E-state index contributed by atoms with van der Waals surface area (Å²) in [5.41, 5.74) is 0.433. The van der Waals surface area contributed by atoms with Gasteiger partial charge in [0.2, 0.25) is 0 Å². The minimum atomic E-state index is -0.502. The van der Waals surface area contributed by atoms with Crippen LogP contribution in [0.5, 0.6) is 0 Å². The van der Waals surface area contributed by atoms with Gasteiger partial charge >= 0.3 is 0 Å². The average Bonchev–Trinajstić information content (AvgIpc) is 2.41. The van der Waals surface area contributed by atoms with E-state index < -0.39 is 5.82 Å². The van der Waals surface area contributed by atoms with Crippen LogP contribution in [0.2, 0.25) is 5.02 Å². The van der Waals surface area contributed by atoms with E-state index >= 15 is 0 Å². The van der Waals surface area contributed by atoms with Gasteiger partial charge < -0.3 is 10.2 Å². The molecule has 0 aliphatic carbocycles. The van der Waals surface area contributed by atoms with Crippen molar-refractivity contribution in [2.24, 2.45) is 0 Å². The molecule has 1 aliphatic heterocycles. The molecule has 1 saturated heterocycles. The molecule has 0 radical (unpaired) electrons. The quantitative estimate of drug-likeness (QED) is 0.911. The zero-order valence-corrected chi connectivity index (χ0v) is 12.2. The highest BCUT2D eigenvalue weighted by Crippen LogP contribution is 2.19. The summed E-state index contributed by atoms with van der Waals surface area (Å²) < 4.78 is 13.1. The fourth-order valence-electron chi connectivity index (χ4n) is 2.19. The predicted octanol–water partition coefficient (Wildman–Crippen LogP) is 2.72. The minimum absolute atomic E-state index is 0. The molecule has 0 bridgehead atoms. The molecule has 1 aromatic carbocycles. The third kappa shape index (κ3) is 3.81. The van der Waals surface area contributed by atoms with Gasteiger partial charge in [0.1, 0.15) is 5.82 Å². The van der Waals surface area contributed by atoms with Crippen molar-refractivity contribution in [1.29, 1.82) is 0 Å². The molecule has 0 aromatic heterocycles. The van der Waals surface area contributed by atoms with Crippen molar-refractivity contribution in [2.75, 3.05) is 20.1 Å². The first-order valence-corrected chi connectivity index (χ1v) is 6.40. The Kier molecular flexibility index (Phi) is 6.04. The summed E-state index contributed by atoms with van der Waals surface area (Å²) >= 11 is 5.69. The number of benzene rings is 1. The van der Waals surface area contributed by atoms with Gasteiger partial charge in [0.15, 0.2) is 0 Å². The Labute approximate surface area is 123 Å². The Morgan fingerprint density at radius 2 is 2.05 bits per heavy atom. The molecule has 19 heavy (non-hydrogen) atoms. The maximum atomic E-state index is 13.1. The first-order valence-electron chi connectivity index (χ1n) is 6.02. The van der Waals surface area contributed by atoms with E-state index in [1.165, 1.54) is 18.2 Å². The fraction of sp³-hybridized carbons (Fsp3) is 0.462. The molecule has 1 aromatic rings. The predicted molar refractivity (Wildman–Crippen MR) is 76.6 cm³/mol. The summed E-state index contributed by atoms with van der Waals surface area (Å²) in [5.74, 6) is -0.610. The van der Waals surface area contributed by atoms with Crippen molar-refractivity contribution >= 4 is 29.9 Å². The molecule has 1 heterocycles. The van der Waals surface area contributed by atoms with Crippen molar-refractivity contribution in [3.05, 3.63) is 34.6 Å². The summed E-state index contributed by atoms with van der Waals surface area (Å²) in [6, 6.07) is 4.33. The van der Waals surface area contributed by atoms with Gasteiger partial charge in [-0.2, -0.15) is 0 Å². The van der Waals surface area contributed by atoms with Gasteiger partial charge in [0, 0.05) is 18.7 Å². The molecule has 2 rings (SSSR count). The lowest BCUT2D eigenvalue weighted by Gasteiger charge is -2.31. The second-order valence-corrected chi connectivity index (χ2v) is 4.93. The standard InChI is InChI=1S/C13H16ClFN2O.ClH/c1-17(10-4-6-16-7-5-10)13(18)9-2-3-12(15)11(14)8-9;/h2-3,8,10,16H,4-7H2,1H3;1H. The SMILES string of the molecule is CN(C(=O)c1ccc(F)c(Cl)c1)C1CCNCC1.Cl. The number of hydrogen-bond donors (Lipinski definition) is 1. The van der Waals surface area contributed by atoms with E-state index in [2.05, 4.69) is 5.32 Å². The van der Waals surface area contributed by atoms with E-state index in [1.54, 1.807) is 11.9 Å². The molecule has 3 nitrogen and oxygen atoms in total. The lowest BCUT2D eigenvalue weighted by Crippen LogP contribution is -2.43. The third-order valence-electron chi connectivity index (χ3n) is 3.34. The highest BCUT2D eigenvalue weighted by atomic mass is 35.5. The van der Waals surface area contributed by atoms with Gasteiger partial charge in [0.25, 0.3) is 5.91 Å². The normalized spacial score (nSPS) is 15.7. The van der Waals surface area contributed by atoms with Gasteiger partial charge in [-0.1, -0.05) is 11.6 Å². The van der Waals surface area contributed by atoms with Crippen LogP contribution in [-0.4, -0.2) is 37.0 Å². The smallest absolute Gasteiger partial charge is 0.253 e. The van der Waals surface area contributed by atoms with Gasteiger partial charge in [-0.25, -0.2) is 4.39 Å². The minimum Gasteiger partial charge on any atom is -0.339 e. The molecule has 6 heteroatoms. The zero-order valence-electron chi connectivity index (χ0n) is 10.7. The maximum Gasteiger partial charge on any atom is 0.253 e. The highest BCUT2D eigenvalue weighted by molar-refractivity contribution is 6.31. The number of carbonyl (C=O) groups excluding carboxylic acids is 1. The fourth-order valence-corrected chi connectivity index (χ4v) is 2.37. The molecule has 0 atom stereocenters. The molecule has 0 unspecified atom stereocenters. The topological polar surface area (TPSA) is 32.3 Å². The Morgan fingerprint density at radius 3 is 2.63 bits per heavy atom. The number of halogens is 3. The number of amides is 1. The molecule has 0 spiro atoms. The van der Waals surface area contributed by atoms with Crippen LogP contribution < -0.4 is 5.32 Å².